The minimum Gasteiger partial charge on any atom is -0.487 e. The first kappa shape index (κ1) is 13.4. The third kappa shape index (κ3) is 12.9. The predicted octanol–water partition coefficient (Wildman–Crippen LogP) is 3.08. The van der Waals surface area contributed by atoms with E-state index in [1.807, 2.05) is 6.92 Å². The molecule has 0 amide bonds. The Balaban J connectivity index is 0. The van der Waals surface area contributed by atoms with Crippen LogP contribution in [0.4, 0.5) is 4.70 Å². The Hall–Kier alpha value is -0.180. The molecule has 0 rings (SSSR count). The number of hydrogen-bond acceptors (Lipinski definition) is 2. The quantitative estimate of drug-likeness (QED) is 0.475. The van der Waals surface area contributed by atoms with E-state index in [1.165, 1.54) is 19.3 Å². The highest BCUT2D eigenvalue weighted by molar-refractivity contribution is 7.80. The van der Waals surface area contributed by atoms with E-state index in [2.05, 4.69) is 6.92 Å². The first-order valence-corrected chi connectivity index (χ1v) is 4.31. The normalized spacial score (nSPS) is 8.55. The molecule has 0 aliphatic carbocycles. The minimum atomic E-state index is 0. The van der Waals surface area contributed by atoms with E-state index in [-0.39, 0.29) is 4.70 Å². The average molecular weight is 180 g/mol. The molecular formula is C8H17FOS. The zero-order valence-electron chi connectivity index (χ0n) is 7.26. The maximum absolute atomic E-state index is 5.12. The molecule has 68 valence electrons. The summed E-state index contributed by atoms with van der Waals surface area (Å²) >= 11 is 4.75. The lowest BCUT2D eigenvalue weighted by Crippen LogP contribution is -1.97. The van der Waals surface area contributed by atoms with Crippen LogP contribution in [0.25, 0.3) is 0 Å². The molecule has 0 N–H and O–H groups in total. The molecule has 0 aromatic carbocycles. The minimum absolute atomic E-state index is 0. The topological polar surface area (TPSA) is 9.23 Å². The van der Waals surface area contributed by atoms with Crippen LogP contribution in [0.2, 0.25) is 0 Å². The lowest BCUT2D eigenvalue weighted by atomic mass is 10.2. The standard InChI is InChI=1S/C8H16OS.FH/c1-3-4-5-6-7-9-8(2)10;/h3-7H2,1-2H3;1H. The van der Waals surface area contributed by atoms with E-state index in [0.717, 1.165) is 13.0 Å². The maximum atomic E-state index is 5.12. The van der Waals surface area contributed by atoms with Gasteiger partial charge in [-0.3, -0.25) is 4.70 Å². The molecule has 0 spiro atoms. The van der Waals surface area contributed by atoms with Gasteiger partial charge in [-0.2, -0.15) is 0 Å². The third-order valence-corrected chi connectivity index (χ3v) is 1.42. The lowest BCUT2D eigenvalue weighted by molar-refractivity contribution is 0.298. The Morgan fingerprint density at radius 1 is 1.27 bits per heavy atom. The van der Waals surface area contributed by atoms with Crippen molar-refractivity contribution >= 4 is 17.3 Å². The van der Waals surface area contributed by atoms with Crippen LogP contribution in [0.5, 0.6) is 0 Å². The average Bonchev–Trinajstić information content (AvgIpc) is 1.87. The van der Waals surface area contributed by atoms with E-state index < -0.39 is 0 Å². The highest BCUT2D eigenvalue weighted by atomic mass is 32.1. The van der Waals surface area contributed by atoms with Gasteiger partial charge in [-0.25, -0.2) is 0 Å². The van der Waals surface area contributed by atoms with Crippen LogP contribution < -0.4 is 0 Å². The van der Waals surface area contributed by atoms with Gasteiger partial charge in [-0.05, 0) is 18.6 Å². The van der Waals surface area contributed by atoms with Gasteiger partial charge in [-0.15, -0.1) is 0 Å². The molecule has 0 aromatic rings. The highest BCUT2D eigenvalue weighted by Gasteiger charge is 1.88. The molecule has 0 unspecified atom stereocenters. The van der Waals surface area contributed by atoms with Crippen LogP contribution in [-0.2, 0) is 4.74 Å². The smallest absolute Gasteiger partial charge is 0.156 e. The number of hydrogen-bond donors (Lipinski definition) is 0. The Morgan fingerprint density at radius 3 is 2.36 bits per heavy atom. The largest absolute Gasteiger partial charge is 0.487 e. The number of halogens is 1. The SMILES string of the molecule is CCCCCCOC(C)=S.F. The second kappa shape index (κ2) is 9.82. The first-order chi connectivity index (χ1) is 4.77. The summed E-state index contributed by atoms with van der Waals surface area (Å²) in [6, 6.07) is 0. The van der Waals surface area contributed by atoms with Crippen molar-refractivity contribution in [2.24, 2.45) is 0 Å². The summed E-state index contributed by atoms with van der Waals surface area (Å²) in [6.07, 6.45) is 4.98. The summed E-state index contributed by atoms with van der Waals surface area (Å²) in [5, 5.41) is 0.663. The fraction of sp³-hybridized carbons (Fsp3) is 0.875. The van der Waals surface area contributed by atoms with Crippen LogP contribution in [0.15, 0.2) is 0 Å². The van der Waals surface area contributed by atoms with Gasteiger partial charge >= 0.3 is 0 Å². The molecule has 0 radical (unpaired) electrons. The molecule has 0 aliphatic rings. The number of ether oxygens (including phenoxy) is 1. The Labute approximate surface area is 73.5 Å². The molecule has 1 nitrogen and oxygen atoms in total. The van der Waals surface area contributed by atoms with Crippen molar-refractivity contribution in [1.82, 2.24) is 0 Å². The van der Waals surface area contributed by atoms with Gasteiger partial charge in [0.05, 0.1) is 6.61 Å². The number of unbranched alkanes of at least 4 members (excludes halogenated alkanes) is 3. The second-order valence-corrected chi connectivity index (χ2v) is 2.98. The molecule has 0 atom stereocenters. The van der Waals surface area contributed by atoms with Crippen LogP contribution in [0.3, 0.4) is 0 Å². The van der Waals surface area contributed by atoms with E-state index >= 15 is 0 Å². The fourth-order valence-corrected chi connectivity index (χ4v) is 0.828. The molecule has 0 saturated heterocycles. The summed E-state index contributed by atoms with van der Waals surface area (Å²) < 4.78 is 5.12. The van der Waals surface area contributed by atoms with Gasteiger partial charge in [0, 0.05) is 6.92 Å². The van der Waals surface area contributed by atoms with Gasteiger partial charge in [0.25, 0.3) is 0 Å². The zero-order valence-corrected chi connectivity index (χ0v) is 8.08. The van der Waals surface area contributed by atoms with Crippen molar-refractivity contribution in [2.75, 3.05) is 6.61 Å². The third-order valence-electron chi connectivity index (χ3n) is 1.30. The van der Waals surface area contributed by atoms with Crippen molar-refractivity contribution in [2.45, 2.75) is 39.5 Å². The summed E-state index contributed by atoms with van der Waals surface area (Å²) in [6.45, 7) is 4.82. The van der Waals surface area contributed by atoms with Gasteiger partial charge in [0.1, 0.15) is 0 Å². The number of rotatable bonds is 5. The van der Waals surface area contributed by atoms with Crippen LogP contribution in [-0.4, -0.2) is 11.7 Å². The van der Waals surface area contributed by atoms with E-state index in [9.17, 15) is 0 Å². The van der Waals surface area contributed by atoms with Crippen LogP contribution in [0, 0.1) is 0 Å². The summed E-state index contributed by atoms with van der Waals surface area (Å²) in [7, 11) is 0. The van der Waals surface area contributed by atoms with E-state index in [0.29, 0.717) is 5.05 Å². The molecule has 0 aromatic heterocycles. The lowest BCUT2D eigenvalue weighted by Gasteiger charge is -2.01. The maximum Gasteiger partial charge on any atom is 0.156 e. The van der Waals surface area contributed by atoms with Crippen LogP contribution in [0.1, 0.15) is 39.5 Å². The molecule has 0 bridgehead atoms. The van der Waals surface area contributed by atoms with Crippen molar-refractivity contribution in [3.8, 4) is 0 Å². The monoisotopic (exact) mass is 180 g/mol. The van der Waals surface area contributed by atoms with Crippen molar-refractivity contribution in [3.05, 3.63) is 0 Å². The predicted molar refractivity (Wildman–Crippen MR) is 50.9 cm³/mol. The Kier molecular flexibility index (Phi) is 12.0. The summed E-state index contributed by atoms with van der Waals surface area (Å²) in [4.78, 5) is 0. The van der Waals surface area contributed by atoms with Gasteiger partial charge in [0.2, 0.25) is 0 Å². The van der Waals surface area contributed by atoms with Crippen LogP contribution >= 0.6 is 12.2 Å². The molecule has 0 heterocycles. The second-order valence-electron chi connectivity index (χ2n) is 2.40. The zero-order chi connectivity index (χ0) is 7.82. The summed E-state index contributed by atoms with van der Waals surface area (Å²) in [5.41, 5.74) is 0. The molecule has 0 saturated carbocycles. The first-order valence-electron chi connectivity index (χ1n) is 3.90. The number of thiocarbonyl (C=S) groups is 1. The van der Waals surface area contributed by atoms with Gasteiger partial charge in [0.15, 0.2) is 5.05 Å². The van der Waals surface area contributed by atoms with Crippen molar-refractivity contribution in [3.63, 3.8) is 0 Å². The highest BCUT2D eigenvalue weighted by Crippen LogP contribution is 1.98. The fourth-order valence-electron chi connectivity index (χ4n) is 0.745. The van der Waals surface area contributed by atoms with Gasteiger partial charge in [-0.1, -0.05) is 26.2 Å². The van der Waals surface area contributed by atoms with E-state index in [1.54, 1.807) is 0 Å². The molecular weight excluding hydrogens is 163 g/mol. The van der Waals surface area contributed by atoms with Crippen molar-refractivity contribution < 1.29 is 9.44 Å². The Morgan fingerprint density at radius 2 is 1.91 bits per heavy atom. The Bertz CT molecular complexity index is 96.1. The summed E-state index contributed by atoms with van der Waals surface area (Å²) in [5.74, 6) is 0. The molecule has 11 heavy (non-hydrogen) atoms. The van der Waals surface area contributed by atoms with Gasteiger partial charge < -0.3 is 4.74 Å². The van der Waals surface area contributed by atoms with E-state index in [4.69, 9.17) is 17.0 Å². The molecule has 3 heteroatoms. The van der Waals surface area contributed by atoms with Crippen molar-refractivity contribution in [1.29, 1.82) is 0 Å². The molecule has 0 fully saturated rings. The molecule has 0 aliphatic heterocycles.